The van der Waals surface area contributed by atoms with Crippen molar-refractivity contribution in [2.45, 2.75) is 26.8 Å². The maximum Gasteiger partial charge on any atom is 0.193 e. The van der Waals surface area contributed by atoms with Crippen molar-refractivity contribution >= 4 is 5.96 Å². The second-order valence-electron chi connectivity index (χ2n) is 5.97. The van der Waals surface area contributed by atoms with Crippen molar-refractivity contribution in [3.05, 3.63) is 29.8 Å². The summed E-state index contributed by atoms with van der Waals surface area (Å²) >= 11 is 0. The van der Waals surface area contributed by atoms with Gasteiger partial charge in [0.15, 0.2) is 5.96 Å². The predicted octanol–water partition coefficient (Wildman–Crippen LogP) is 2.77. The number of nitrogens with zero attached hydrogens (tertiary/aromatic N) is 2. The summed E-state index contributed by atoms with van der Waals surface area (Å²) in [5.41, 5.74) is 1.21. The maximum atomic E-state index is 5.61. The molecule has 23 heavy (non-hydrogen) atoms. The fourth-order valence-electron chi connectivity index (χ4n) is 2.12. The van der Waals surface area contributed by atoms with Gasteiger partial charge in [-0.3, -0.25) is 4.99 Å². The number of nitrogens with one attached hydrogen (secondary N) is 1. The summed E-state index contributed by atoms with van der Waals surface area (Å²) < 4.78 is 10.8. The minimum Gasteiger partial charge on any atom is -0.497 e. The van der Waals surface area contributed by atoms with Crippen molar-refractivity contribution in [3.8, 4) is 5.75 Å². The molecule has 1 N–H and O–H groups in total. The molecule has 1 rings (SSSR count). The third-order valence-electron chi connectivity index (χ3n) is 3.52. The molecule has 0 aliphatic rings. The fourth-order valence-corrected chi connectivity index (χ4v) is 2.12. The molecule has 0 bridgehead atoms. The minimum absolute atomic E-state index is 0.686. The molecule has 0 radical (unpaired) electrons. The summed E-state index contributed by atoms with van der Waals surface area (Å²) in [7, 11) is 5.50. The number of aliphatic imine (C=N–C) groups is 1. The van der Waals surface area contributed by atoms with Gasteiger partial charge in [-0.25, -0.2) is 0 Å². The third-order valence-corrected chi connectivity index (χ3v) is 3.52. The molecule has 0 amide bonds. The van der Waals surface area contributed by atoms with Crippen molar-refractivity contribution < 1.29 is 9.47 Å². The molecule has 0 saturated heterocycles. The standard InChI is InChI=1S/C18H31N3O2/c1-15(2)10-12-23-13-11-20-18(19-3)21(4)14-16-6-8-17(22-5)9-7-16/h6-9,15H,10-14H2,1-5H3,(H,19,20). The van der Waals surface area contributed by atoms with Gasteiger partial charge < -0.3 is 19.7 Å². The number of hydrogen-bond donors (Lipinski definition) is 1. The molecule has 0 aliphatic heterocycles. The molecule has 0 aromatic heterocycles. The highest BCUT2D eigenvalue weighted by atomic mass is 16.5. The lowest BCUT2D eigenvalue weighted by Crippen LogP contribution is -2.40. The number of ether oxygens (including phenoxy) is 2. The monoisotopic (exact) mass is 321 g/mol. The van der Waals surface area contributed by atoms with E-state index in [2.05, 4.69) is 41.2 Å². The van der Waals surface area contributed by atoms with Crippen LogP contribution in [-0.2, 0) is 11.3 Å². The first-order valence-corrected chi connectivity index (χ1v) is 8.19. The Morgan fingerprint density at radius 1 is 1.22 bits per heavy atom. The first kappa shape index (κ1) is 19.3. The third kappa shape index (κ3) is 7.88. The molecule has 130 valence electrons. The average Bonchev–Trinajstić information content (AvgIpc) is 2.54. The van der Waals surface area contributed by atoms with Gasteiger partial charge in [0.25, 0.3) is 0 Å². The summed E-state index contributed by atoms with van der Waals surface area (Å²) in [4.78, 5) is 6.41. The number of guanidine groups is 1. The van der Waals surface area contributed by atoms with Crippen LogP contribution in [0.25, 0.3) is 0 Å². The Morgan fingerprint density at radius 2 is 1.91 bits per heavy atom. The van der Waals surface area contributed by atoms with Gasteiger partial charge in [-0.2, -0.15) is 0 Å². The van der Waals surface area contributed by atoms with Gasteiger partial charge in [0.2, 0.25) is 0 Å². The summed E-state index contributed by atoms with van der Waals surface area (Å²) in [5.74, 6) is 2.43. The predicted molar refractivity (Wildman–Crippen MR) is 96.1 cm³/mol. The van der Waals surface area contributed by atoms with Crippen molar-refractivity contribution in [1.82, 2.24) is 10.2 Å². The van der Waals surface area contributed by atoms with Crippen LogP contribution >= 0.6 is 0 Å². The number of rotatable bonds is 9. The lowest BCUT2D eigenvalue weighted by atomic mass is 10.1. The Labute approximate surface area is 140 Å². The summed E-state index contributed by atoms with van der Waals surface area (Å²) in [6.45, 7) is 7.48. The Morgan fingerprint density at radius 3 is 2.48 bits per heavy atom. The molecular formula is C18H31N3O2. The van der Waals surface area contributed by atoms with E-state index in [1.165, 1.54) is 5.56 Å². The summed E-state index contributed by atoms with van der Waals surface area (Å²) in [6, 6.07) is 8.08. The second-order valence-corrected chi connectivity index (χ2v) is 5.97. The van der Waals surface area contributed by atoms with E-state index in [0.717, 1.165) is 37.8 Å². The minimum atomic E-state index is 0.686. The topological polar surface area (TPSA) is 46.1 Å². The van der Waals surface area contributed by atoms with Crippen LogP contribution in [0.15, 0.2) is 29.3 Å². The van der Waals surface area contributed by atoms with E-state index in [0.29, 0.717) is 12.5 Å². The zero-order chi connectivity index (χ0) is 17.1. The largest absolute Gasteiger partial charge is 0.497 e. The van der Waals surface area contributed by atoms with E-state index < -0.39 is 0 Å². The average molecular weight is 321 g/mol. The van der Waals surface area contributed by atoms with E-state index in [9.17, 15) is 0 Å². The number of benzene rings is 1. The maximum absolute atomic E-state index is 5.61. The fraction of sp³-hybridized carbons (Fsp3) is 0.611. The highest BCUT2D eigenvalue weighted by Gasteiger charge is 2.06. The normalized spacial score (nSPS) is 11.7. The van der Waals surface area contributed by atoms with E-state index in [1.807, 2.05) is 19.2 Å². The molecule has 1 aromatic rings. The summed E-state index contributed by atoms with van der Waals surface area (Å²) in [5, 5.41) is 3.33. The smallest absolute Gasteiger partial charge is 0.193 e. The molecule has 0 heterocycles. The Hall–Kier alpha value is -1.75. The van der Waals surface area contributed by atoms with E-state index in [1.54, 1.807) is 14.2 Å². The van der Waals surface area contributed by atoms with Gasteiger partial charge in [-0.05, 0) is 30.0 Å². The second kappa shape index (κ2) is 10.9. The SMILES string of the molecule is CN=C(NCCOCCC(C)C)N(C)Cc1ccc(OC)cc1. The highest BCUT2D eigenvalue weighted by Crippen LogP contribution is 2.12. The molecule has 0 unspecified atom stereocenters. The Kier molecular flexibility index (Phi) is 9.14. The molecular weight excluding hydrogens is 290 g/mol. The van der Waals surface area contributed by atoms with Crippen molar-refractivity contribution in [2.24, 2.45) is 10.9 Å². The lowest BCUT2D eigenvalue weighted by Gasteiger charge is -2.22. The van der Waals surface area contributed by atoms with E-state index >= 15 is 0 Å². The van der Waals surface area contributed by atoms with Crippen molar-refractivity contribution in [2.75, 3.05) is 41.0 Å². The highest BCUT2D eigenvalue weighted by molar-refractivity contribution is 5.79. The van der Waals surface area contributed by atoms with Crippen LogP contribution in [-0.4, -0.2) is 51.8 Å². The number of methoxy groups -OCH3 is 1. The Balaban J connectivity index is 2.32. The molecule has 0 aliphatic carbocycles. The van der Waals surface area contributed by atoms with Crippen LogP contribution in [0.2, 0.25) is 0 Å². The van der Waals surface area contributed by atoms with Gasteiger partial charge in [0, 0.05) is 33.8 Å². The van der Waals surface area contributed by atoms with E-state index in [-0.39, 0.29) is 0 Å². The van der Waals surface area contributed by atoms with Crippen LogP contribution in [0.1, 0.15) is 25.8 Å². The van der Waals surface area contributed by atoms with Gasteiger partial charge in [-0.1, -0.05) is 26.0 Å². The van der Waals surface area contributed by atoms with E-state index in [4.69, 9.17) is 9.47 Å². The van der Waals surface area contributed by atoms with Crippen molar-refractivity contribution in [1.29, 1.82) is 0 Å². The van der Waals surface area contributed by atoms with Crippen LogP contribution in [0.4, 0.5) is 0 Å². The molecule has 5 nitrogen and oxygen atoms in total. The quantitative estimate of drug-likeness (QED) is 0.431. The van der Waals surface area contributed by atoms with Gasteiger partial charge in [0.1, 0.15) is 5.75 Å². The van der Waals surface area contributed by atoms with Crippen LogP contribution in [0.5, 0.6) is 5.75 Å². The summed E-state index contributed by atoms with van der Waals surface area (Å²) in [6.07, 6.45) is 1.10. The molecule has 0 atom stereocenters. The number of hydrogen-bond acceptors (Lipinski definition) is 3. The van der Waals surface area contributed by atoms with Crippen LogP contribution in [0.3, 0.4) is 0 Å². The molecule has 5 heteroatoms. The first-order valence-electron chi connectivity index (χ1n) is 8.19. The molecule has 1 aromatic carbocycles. The lowest BCUT2D eigenvalue weighted by molar-refractivity contribution is 0.127. The van der Waals surface area contributed by atoms with Gasteiger partial charge in [0.05, 0.1) is 13.7 Å². The molecule has 0 spiro atoms. The molecule has 0 fully saturated rings. The van der Waals surface area contributed by atoms with Crippen LogP contribution < -0.4 is 10.1 Å². The van der Waals surface area contributed by atoms with Crippen molar-refractivity contribution in [3.63, 3.8) is 0 Å². The van der Waals surface area contributed by atoms with Gasteiger partial charge in [-0.15, -0.1) is 0 Å². The molecule has 0 saturated carbocycles. The zero-order valence-corrected chi connectivity index (χ0v) is 15.1. The van der Waals surface area contributed by atoms with Gasteiger partial charge >= 0.3 is 0 Å². The Bertz CT molecular complexity index is 458. The zero-order valence-electron chi connectivity index (χ0n) is 15.1. The van der Waals surface area contributed by atoms with Crippen LogP contribution in [0, 0.1) is 5.92 Å². The first-order chi connectivity index (χ1) is 11.1.